The van der Waals surface area contributed by atoms with Crippen molar-refractivity contribution < 1.29 is 9.50 Å². The van der Waals surface area contributed by atoms with Crippen molar-refractivity contribution in [1.82, 2.24) is 19.6 Å². The Balaban J connectivity index is 1.89. The first-order valence-corrected chi connectivity index (χ1v) is 7.24. The third-order valence-corrected chi connectivity index (χ3v) is 3.85. The number of hydrogen-bond donors (Lipinski definition) is 1. The van der Waals surface area contributed by atoms with Gasteiger partial charge in [-0.05, 0) is 24.3 Å². The van der Waals surface area contributed by atoms with E-state index in [9.17, 15) is 9.50 Å². The third kappa shape index (κ3) is 2.32. The smallest absolute Gasteiger partial charge is 0.154 e. The van der Waals surface area contributed by atoms with E-state index in [0.29, 0.717) is 16.9 Å². The van der Waals surface area contributed by atoms with Crippen LogP contribution < -0.4 is 0 Å². The van der Waals surface area contributed by atoms with E-state index in [0.717, 1.165) is 5.39 Å². The molecule has 0 saturated heterocycles. The van der Waals surface area contributed by atoms with Gasteiger partial charge in [-0.1, -0.05) is 17.7 Å². The van der Waals surface area contributed by atoms with Crippen molar-refractivity contribution in [3.8, 4) is 0 Å². The van der Waals surface area contributed by atoms with Crippen molar-refractivity contribution >= 4 is 28.2 Å². The minimum Gasteiger partial charge on any atom is -0.382 e. The lowest BCUT2D eigenvalue weighted by molar-refractivity contribution is 0.208. The summed E-state index contributed by atoms with van der Waals surface area (Å²) in [6.45, 7) is 0. The van der Waals surface area contributed by atoms with Gasteiger partial charge in [-0.25, -0.2) is 13.9 Å². The van der Waals surface area contributed by atoms with Crippen LogP contribution in [-0.2, 0) is 0 Å². The van der Waals surface area contributed by atoms with Gasteiger partial charge in [0.25, 0.3) is 0 Å². The molecule has 0 spiro atoms. The number of aliphatic hydroxyl groups is 1. The fourth-order valence-electron chi connectivity index (χ4n) is 2.54. The number of aromatic nitrogens is 4. The zero-order valence-corrected chi connectivity index (χ0v) is 12.4. The van der Waals surface area contributed by atoms with Gasteiger partial charge in [-0.15, -0.1) is 0 Å². The summed E-state index contributed by atoms with van der Waals surface area (Å²) in [5.74, 6) is -0.541. The minimum absolute atomic E-state index is 0.133. The quantitative estimate of drug-likeness (QED) is 0.614. The zero-order valence-electron chi connectivity index (χ0n) is 11.7. The summed E-state index contributed by atoms with van der Waals surface area (Å²) >= 11 is 5.88. The molecule has 3 heterocycles. The van der Waals surface area contributed by atoms with Crippen LogP contribution >= 0.6 is 11.6 Å². The van der Waals surface area contributed by atoms with Gasteiger partial charge in [-0.2, -0.15) is 5.10 Å². The van der Waals surface area contributed by atoms with Crippen LogP contribution in [-0.4, -0.2) is 24.7 Å². The number of hydrogen-bond acceptors (Lipinski definition) is 4. The van der Waals surface area contributed by atoms with E-state index in [1.165, 1.54) is 16.8 Å². The standard InChI is InChI=1S/C16H10ClFN4O/c17-14-3-4-15-20-8-13(22(15)21-14)16(23)10-6-9-2-1-5-19-12(9)7-11(10)18/h1-8,16,23H. The number of fused-ring (bicyclic) bond motifs is 2. The monoisotopic (exact) mass is 328 g/mol. The first-order chi connectivity index (χ1) is 11.1. The number of rotatable bonds is 2. The van der Waals surface area contributed by atoms with Crippen molar-refractivity contribution in [2.75, 3.05) is 0 Å². The van der Waals surface area contributed by atoms with Crippen molar-refractivity contribution in [3.63, 3.8) is 0 Å². The van der Waals surface area contributed by atoms with Crippen molar-refractivity contribution in [2.24, 2.45) is 0 Å². The van der Waals surface area contributed by atoms with E-state index in [4.69, 9.17) is 11.6 Å². The lowest BCUT2D eigenvalue weighted by atomic mass is 10.0. The lowest BCUT2D eigenvalue weighted by Crippen LogP contribution is -2.08. The normalized spacial score (nSPS) is 12.8. The molecule has 23 heavy (non-hydrogen) atoms. The summed E-state index contributed by atoms with van der Waals surface area (Å²) in [4.78, 5) is 8.24. The van der Waals surface area contributed by atoms with Crippen LogP contribution in [0.15, 0.2) is 48.8 Å². The highest BCUT2D eigenvalue weighted by molar-refractivity contribution is 6.29. The number of aliphatic hydroxyl groups excluding tert-OH is 1. The van der Waals surface area contributed by atoms with Crippen molar-refractivity contribution in [3.05, 3.63) is 71.0 Å². The summed E-state index contributed by atoms with van der Waals surface area (Å²) in [6, 6.07) is 9.71. The highest BCUT2D eigenvalue weighted by Gasteiger charge is 2.20. The maximum absolute atomic E-state index is 14.4. The van der Waals surface area contributed by atoms with Gasteiger partial charge in [0, 0.05) is 23.2 Å². The van der Waals surface area contributed by atoms with Gasteiger partial charge in [0.2, 0.25) is 0 Å². The number of nitrogens with zero attached hydrogens (tertiary/aromatic N) is 4. The molecule has 0 radical (unpaired) electrons. The van der Waals surface area contributed by atoms with E-state index >= 15 is 0 Å². The average Bonchev–Trinajstić information content (AvgIpc) is 2.96. The topological polar surface area (TPSA) is 63.3 Å². The molecule has 7 heteroatoms. The molecule has 0 aliphatic heterocycles. The maximum atomic E-state index is 14.4. The predicted octanol–water partition coefficient (Wildman–Crippen LogP) is 3.15. The zero-order chi connectivity index (χ0) is 16.0. The van der Waals surface area contributed by atoms with Crippen LogP contribution in [0, 0.1) is 5.82 Å². The van der Waals surface area contributed by atoms with Gasteiger partial charge < -0.3 is 5.11 Å². The molecule has 114 valence electrons. The second-order valence-corrected chi connectivity index (χ2v) is 5.47. The van der Waals surface area contributed by atoms with E-state index in [2.05, 4.69) is 15.1 Å². The fourth-order valence-corrected chi connectivity index (χ4v) is 2.68. The van der Waals surface area contributed by atoms with Crippen LogP contribution in [0.4, 0.5) is 4.39 Å². The molecule has 1 unspecified atom stereocenters. The van der Waals surface area contributed by atoms with Crippen LogP contribution in [0.5, 0.6) is 0 Å². The Morgan fingerprint density at radius 3 is 2.91 bits per heavy atom. The maximum Gasteiger partial charge on any atom is 0.154 e. The molecule has 0 saturated carbocycles. The molecule has 0 amide bonds. The third-order valence-electron chi connectivity index (χ3n) is 3.65. The summed E-state index contributed by atoms with van der Waals surface area (Å²) in [6.07, 6.45) is 1.82. The Kier molecular flexibility index (Phi) is 3.21. The first kappa shape index (κ1) is 14.0. The molecule has 0 fully saturated rings. The van der Waals surface area contributed by atoms with Gasteiger partial charge >= 0.3 is 0 Å². The van der Waals surface area contributed by atoms with E-state index < -0.39 is 11.9 Å². The van der Waals surface area contributed by atoms with Crippen molar-refractivity contribution in [1.29, 1.82) is 0 Å². The largest absolute Gasteiger partial charge is 0.382 e. The van der Waals surface area contributed by atoms with Gasteiger partial charge in [0.05, 0.1) is 17.4 Å². The van der Waals surface area contributed by atoms with Crippen LogP contribution in [0.25, 0.3) is 16.6 Å². The summed E-state index contributed by atoms with van der Waals surface area (Å²) < 4.78 is 15.8. The second kappa shape index (κ2) is 5.26. The first-order valence-electron chi connectivity index (χ1n) is 6.86. The average molecular weight is 329 g/mol. The highest BCUT2D eigenvalue weighted by Crippen LogP contribution is 2.28. The predicted molar refractivity (Wildman–Crippen MR) is 83.8 cm³/mol. The summed E-state index contributed by atoms with van der Waals surface area (Å²) in [5.41, 5.74) is 1.52. The SMILES string of the molecule is OC(c1cc2cccnc2cc1F)c1cnc2ccc(Cl)nn12. The Hall–Kier alpha value is -2.57. The fraction of sp³-hybridized carbons (Fsp3) is 0.0625. The molecule has 0 aliphatic rings. The molecule has 5 nitrogen and oxygen atoms in total. The molecular weight excluding hydrogens is 319 g/mol. The molecule has 3 aromatic heterocycles. The molecule has 1 N–H and O–H groups in total. The number of pyridine rings is 1. The Bertz CT molecular complexity index is 1030. The number of imidazole rings is 1. The molecule has 0 aliphatic carbocycles. The molecule has 4 aromatic rings. The van der Waals surface area contributed by atoms with Crippen LogP contribution in [0.1, 0.15) is 17.4 Å². The van der Waals surface area contributed by atoms with Crippen LogP contribution in [0.2, 0.25) is 5.15 Å². The van der Waals surface area contributed by atoms with Gasteiger partial charge in [0.1, 0.15) is 17.1 Å². The Labute approximate surface area is 135 Å². The number of benzene rings is 1. The van der Waals surface area contributed by atoms with Gasteiger partial charge in [0.15, 0.2) is 5.65 Å². The van der Waals surface area contributed by atoms with Crippen LogP contribution in [0.3, 0.4) is 0 Å². The van der Waals surface area contributed by atoms with E-state index in [1.54, 1.807) is 30.5 Å². The van der Waals surface area contributed by atoms with E-state index in [-0.39, 0.29) is 10.7 Å². The van der Waals surface area contributed by atoms with Gasteiger partial charge in [-0.3, -0.25) is 4.98 Å². The number of halogens is 2. The molecule has 1 atom stereocenters. The molecule has 1 aromatic carbocycles. The minimum atomic E-state index is -1.22. The molecular formula is C16H10ClFN4O. The summed E-state index contributed by atoms with van der Waals surface area (Å²) in [7, 11) is 0. The Morgan fingerprint density at radius 2 is 2.04 bits per heavy atom. The lowest BCUT2D eigenvalue weighted by Gasteiger charge is -2.12. The Morgan fingerprint density at radius 1 is 1.17 bits per heavy atom. The van der Waals surface area contributed by atoms with E-state index in [1.807, 2.05) is 6.07 Å². The molecule has 4 rings (SSSR count). The summed E-state index contributed by atoms with van der Waals surface area (Å²) in [5, 5.41) is 15.7. The van der Waals surface area contributed by atoms with Crippen molar-refractivity contribution in [2.45, 2.75) is 6.10 Å². The highest BCUT2D eigenvalue weighted by atomic mass is 35.5. The second-order valence-electron chi connectivity index (χ2n) is 5.08. The molecule has 0 bridgehead atoms.